The molecule has 1 saturated carbocycles. The number of hydrogen-bond acceptors (Lipinski definition) is 3. The molecule has 0 amide bonds. The lowest BCUT2D eigenvalue weighted by Gasteiger charge is -2.43. The minimum Gasteiger partial charge on any atom is -0.385 e. The van der Waals surface area contributed by atoms with Crippen LogP contribution in [0.15, 0.2) is 12.4 Å². The molecule has 1 aliphatic carbocycles. The number of aromatic nitrogens is 2. The molecule has 0 bridgehead atoms. The van der Waals surface area contributed by atoms with Gasteiger partial charge in [-0.3, -0.25) is 4.68 Å². The summed E-state index contributed by atoms with van der Waals surface area (Å²) < 4.78 is 7.27. The molecular weight excluding hydrogens is 192 g/mol. The largest absolute Gasteiger partial charge is 0.385 e. The highest BCUT2D eigenvalue weighted by Gasteiger charge is 2.44. The van der Waals surface area contributed by atoms with E-state index in [1.54, 1.807) is 13.3 Å². The van der Waals surface area contributed by atoms with Gasteiger partial charge in [0.15, 0.2) is 0 Å². The van der Waals surface area contributed by atoms with Crippen LogP contribution >= 0.6 is 0 Å². The van der Waals surface area contributed by atoms with Gasteiger partial charge in [0.2, 0.25) is 0 Å². The van der Waals surface area contributed by atoms with Crippen LogP contribution in [0, 0.1) is 0 Å². The van der Waals surface area contributed by atoms with E-state index in [9.17, 15) is 5.11 Å². The van der Waals surface area contributed by atoms with Gasteiger partial charge in [0.1, 0.15) is 6.10 Å². The second-order valence-electron chi connectivity index (χ2n) is 4.15. The van der Waals surface area contributed by atoms with E-state index in [-0.39, 0.29) is 5.60 Å². The molecule has 2 rings (SSSR count). The summed E-state index contributed by atoms with van der Waals surface area (Å²) in [5, 5.41) is 14.4. The zero-order chi connectivity index (χ0) is 10.9. The Kier molecular flexibility index (Phi) is 2.80. The number of aryl methyl sites for hydroxylation is 1. The van der Waals surface area contributed by atoms with Crippen molar-refractivity contribution in [3.05, 3.63) is 18.0 Å². The zero-order valence-electron chi connectivity index (χ0n) is 9.31. The summed E-state index contributed by atoms with van der Waals surface area (Å²) in [6, 6.07) is 0. The van der Waals surface area contributed by atoms with Gasteiger partial charge in [0.25, 0.3) is 0 Å². The summed E-state index contributed by atoms with van der Waals surface area (Å²) in [6.45, 7) is 2.85. The Bertz CT molecular complexity index is 326. The van der Waals surface area contributed by atoms with Crippen molar-refractivity contribution in [3.8, 4) is 0 Å². The third kappa shape index (κ3) is 1.68. The van der Waals surface area contributed by atoms with E-state index in [2.05, 4.69) is 5.10 Å². The van der Waals surface area contributed by atoms with Crippen molar-refractivity contribution in [1.82, 2.24) is 9.78 Å². The van der Waals surface area contributed by atoms with E-state index >= 15 is 0 Å². The predicted octanol–water partition coefficient (Wildman–Crippen LogP) is 1.51. The van der Waals surface area contributed by atoms with Gasteiger partial charge in [-0.1, -0.05) is 0 Å². The van der Waals surface area contributed by atoms with Crippen LogP contribution in [0.3, 0.4) is 0 Å². The molecule has 1 heterocycles. The first kappa shape index (κ1) is 10.6. The van der Waals surface area contributed by atoms with Gasteiger partial charge in [0, 0.05) is 25.4 Å². The number of nitrogens with zero attached hydrogens (tertiary/aromatic N) is 2. The maximum atomic E-state index is 10.2. The van der Waals surface area contributed by atoms with Crippen LogP contribution in [-0.2, 0) is 11.3 Å². The number of hydrogen-bond donors (Lipinski definition) is 1. The Morgan fingerprint density at radius 1 is 1.67 bits per heavy atom. The second kappa shape index (κ2) is 3.94. The molecule has 0 spiro atoms. The topological polar surface area (TPSA) is 47.3 Å². The van der Waals surface area contributed by atoms with Crippen molar-refractivity contribution in [2.45, 2.75) is 44.4 Å². The third-order valence-electron chi connectivity index (χ3n) is 3.40. The van der Waals surface area contributed by atoms with Gasteiger partial charge < -0.3 is 9.84 Å². The molecule has 1 aromatic heterocycles. The summed E-state index contributed by atoms with van der Waals surface area (Å²) in [7, 11) is 1.67. The van der Waals surface area contributed by atoms with E-state index in [1.165, 1.54) is 0 Å². The minimum absolute atomic E-state index is 0.360. The molecule has 1 fully saturated rings. The average Bonchev–Trinajstić information content (AvgIpc) is 2.64. The fourth-order valence-electron chi connectivity index (χ4n) is 2.11. The van der Waals surface area contributed by atoms with Crippen LogP contribution in [0.4, 0.5) is 0 Å². The van der Waals surface area contributed by atoms with Crippen LogP contribution in [0.2, 0.25) is 0 Å². The average molecular weight is 210 g/mol. The molecule has 0 radical (unpaired) electrons. The van der Waals surface area contributed by atoms with Gasteiger partial charge >= 0.3 is 0 Å². The van der Waals surface area contributed by atoms with Gasteiger partial charge in [0.05, 0.1) is 11.8 Å². The van der Waals surface area contributed by atoms with Gasteiger partial charge in [-0.25, -0.2) is 0 Å². The standard InChI is InChI=1S/C11H18N2O2/c1-3-13-8-9(7-12-13)10(14)11(15-2)5-4-6-11/h7-8,10,14H,3-6H2,1-2H3. The number of aliphatic hydroxyl groups excluding tert-OH is 1. The van der Waals surface area contributed by atoms with Gasteiger partial charge in [-0.05, 0) is 26.2 Å². The van der Waals surface area contributed by atoms with E-state index in [1.807, 2.05) is 17.8 Å². The summed E-state index contributed by atoms with van der Waals surface area (Å²) in [5.41, 5.74) is 0.500. The van der Waals surface area contributed by atoms with Crippen LogP contribution in [0.25, 0.3) is 0 Å². The van der Waals surface area contributed by atoms with Gasteiger partial charge in [-0.15, -0.1) is 0 Å². The molecule has 15 heavy (non-hydrogen) atoms. The number of rotatable bonds is 4. The Morgan fingerprint density at radius 3 is 2.80 bits per heavy atom. The zero-order valence-corrected chi connectivity index (χ0v) is 9.31. The van der Waals surface area contributed by atoms with Crippen molar-refractivity contribution in [3.63, 3.8) is 0 Å². The molecule has 1 N–H and O–H groups in total. The SMILES string of the molecule is CCn1cc(C(O)C2(OC)CCC2)cn1. The molecule has 0 aromatic carbocycles. The van der Waals surface area contributed by atoms with Crippen molar-refractivity contribution >= 4 is 0 Å². The van der Waals surface area contributed by atoms with Crippen LogP contribution in [0.5, 0.6) is 0 Å². The Hall–Kier alpha value is -0.870. The normalized spacial score (nSPS) is 21.0. The van der Waals surface area contributed by atoms with Crippen molar-refractivity contribution < 1.29 is 9.84 Å². The highest BCUT2D eigenvalue weighted by Crippen LogP contribution is 2.44. The maximum Gasteiger partial charge on any atom is 0.111 e. The van der Waals surface area contributed by atoms with Crippen molar-refractivity contribution in [1.29, 1.82) is 0 Å². The monoisotopic (exact) mass is 210 g/mol. The Labute approximate surface area is 89.9 Å². The van der Waals surface area contributed by atoms with Crippen molar-refractivity contribution in [2.24, 2.45) is 0 Å². The summed E-state index contributed by atoms with van der Waals surface area (Å²) in [5.74, 6) is 0. The first-order valence-electron chi connectivity index (χ1n) is 5.47. The lowest BCUT2D eigenvalue weighted by molar-refractivity contribution is -0.151. The lowest BCUT2D eigenvalue weighted by Crippen LogP contribution is -2.44. The predicted molar refractivity (Wildman–Crippen MR) is 56.5 cm³/mol. The molecule has 4 heteroatoms. The Balaban J connectivity index is 2.15. The highest BCUT2D eigenvalue weighted by atomic mass is 16.5. The molecule has 0 aliphatic heterocycles. The maximum absolute atomic E-state index is 10.2. The first-order chi connectivity index (χ1) is 7.22. The second-order valence-corrected chi connectivity index (χ2v) is 4.15. The van der Waals surface area contributed by atoms with E-state index in [4.69, 9.17) is 4.74 Å². The van der Waals surface area contributed by atoms with Crippen LogP contribution in [0.1, 0.15) is 37.9 Å². The molecule has 84 valence electrons. The Morgan fingerprint density at radius 2 is 2.40 bits per heavy atom. The molecule has 4 nitrogen and oxygen atoms in total. The molecular formula is C11H18N2O2. The van der Waals surface area contributed by atoms with Crippen LogP contribution in [-0.4, -0.2) is 27.6 Å². The van der Waals surface area contributed by atoms with Gasteiger partial charge in [-0.2, -0.15) is 5.10 Å². The fourth-order valence-corrected chi connectivity index (χ4v) is 2.11. The van der Waals surface area contributed by atoms with E-state index in [0.29, 0.717) is 0 Å². The lowest BCUT2D eigenvalue weighted by atomic mass is 9.74. The van der Waals surface area contributed by atoms with Crippen molar-refractivity contribution in [2.75, 3.05) is 7.11 Å². The number of ether oxygens (including phenoxy) is 1. The molecule has 1 aromatic rings. The highest BCUT2D eigenvalue weighted by molar-refractivity contribution is 5.15. The van der Waals surface area contributed by atoms with E-state index < -0.39 is 6.10 Å². The molecule has 1 atom stereocenters. The smallest absolute Gasteiger partial charge is 0.111 e. The fraction of sp³-hybridized carbons (Fsp3) is 0.727. The third-order valence-corrected chi connectivity index (χ3v) is 3.40. The number of aliphatic hydroxyl groups is 1. The quantitative estimate of drug-likeness (QED) is 0.819. The molecule has 0 saturated heterocycles. The number of methoxy groups -OCH3 is 1. The van der Waals surface area contributed by atoms with E-state index in [0.717, 1.165) is 31.4 Å². The van der Waals surface area contributed by atoms with Crippen LogP contribution < -0.4 is 0 Å². The summed E-state index contributed by atoms with van der Waals surface area (Å²) in [4.78, 5) is 0. The minimum atomic E-state index is -0.545. The summed E-state index contributed by atoms with van der Waals surface area (Å²) >= 11 is 0. The molecule has 1 aliphatic rings. The first-order valence-corrected chi connectivity index (χ1v) is 5.47. The summed E-state index contributed by atoms with van der Waals surface area (Å²) in [6.07, 6.45) is 6.07. The molecule has 1 unspecified atom stereocenters.